The summed E-state index contributed by atoms with van der Waals surface area (Å²) in [6, 6.07) is 4.07. The van der Waals surface area contributed by atoms with E-state index >= 15 is 0 Å². The van der Waals surface area contributed by atoms with Gasteiger partial charge in [0.25, 0.3) is 0 Å². The van der Waals surface area contributed by atoms with Crippen LogP contribution in [0.15, 0.2) is 12.1 Å². The maximum absolute atomic E-state index is 11.0. The largest absolute Gasteiger partial charge is 0.289 e. The minimum absolute atomic E-state index is 0.231. The molecule has 1 aromatic rings. The molecule has 3 heteroatoms. The third-order valence-corrected chi connectivity index (χ3v) is 2.30. The van der Waals surface area contributed by atoms with Gasteiger partial charge < -0.3 is 0 Å². The van der Waals surface area contributed by atoms with Gasteiger partial charge in [-0.1, -0.05) is 17.7 Å². The van der Waals surface area contributed by atoms with E-state index in [0.29, 0.717) is 0 Å². The Kier molecular flexibility index (Phi) is 3.25. The Hall–Kier alpha value is -1.35. The summed E-state index contributed by atoms with van der Waals surface area (Å²) in [7, 11) is 0. The van der Waals surface area contributed by atoms with Crippen molar-refractivity contribution in [2.45, 2.75) is 27.2 Å². The first-order valence-corrected chi connectivity index (χ1v) is 4.54. The second kappa shape index (κ2) is 4.24. The molecule has 0 aromatic heterocycles. The maximum Gasteiger partial charge on any atom is 0.247 e. The number of carbonyl (C=O) groups excluding carboxylic acids is 1. The van der Waals surface area contributed by atoms with Crippen LogP contribution in [0.4, 0.5) is 0 Å². The minimum atomic E-state index is -0.375. The molecule has 76 valence electrons. The predicted octanol–water partition coefficient (Wildman–Crippen LogP) is 1.66. The fourth-order valence-electron chi connectivity index (χ4n) is 1.69. The zero-order valence-corrected chi connectivity index (χ0v) is 8.72. The fraction of sp³-hybridized carbons (Fsp3) is 0.364. The van der Waals surface area contributed by atoms with Gasteiger partial charge in [0, 0.05) is 0 Å². The number of hydrogen-bond acceptors (Lipinski definition) is 2. The summed E-state index contributed by atoms with van der Waals surface area (Å²) in [5.41, 5.74) is 6.00. The van der Waals surface area contributed by atoms with Crippen LogP contribution in [0, 0.1) is 20.8 Å². The molecule has 0 spiro atoms. The molecule has 1 rings (SSSR count). The van der Waals surface area contributed by atoms with Crippen LogP contribution in [0.3, 0.4) is 0 Å². The van der Waals surface area contributed by atoms with E-state index < -0.39 is 0 Å². The van der Waals surface area contributed by atoms with Gasteiger partial charge in [-0.05, 0) is 37.5 Å². The summed E-state index contributed by atoms with van der Waals surface area (Å²) in [5, 5.41) is 8.43. The van der Waals surface area contributed by atoms with E-state index in [2.05, 4.69) is 0 Å². The number of nitrogens with one attached hydrogen (secondary N) is 1. The Bertz CT molecular complexity index is 335. The van der Waals surface area contributed by atoms with Gasteiger partial charge in [-0.15, -0.1) is 0 Å². The summed E-state index contributed by atoms with van der Waals surface area (Å²) in [4.78, 5) is 11.0. The van der Waals surface area contributed by atoms with Gasteiger partial charge in [0.15, 0.2) is 0 Å². The van der Waals surface area contributed by atoms with Crippen LogP contribution < -0.4 is 5.48 Å². The van der Waals surface area contributed by atoms with Crippen molar-refractivity contribution in [1.82, 2.24) is 5.48 Å². The Labute approximate surface area is 83.7 Å². The quantitative estimate of drug-likeness (QED) is 0.554. The third kappa shape index (κ3) is 2.33. The lowest BCUT2D eigenvalue weighted by atomic mass is 9.97. The van der Waals surface area contributed by atoms with Crippen molar-refractivity contribution >= 4 is 5.91 Å². The van der Waals surface area contributed by atoms with Crippen molar-refractivity contribution in [1.29, 1.82) is 0 Å². The molecule has 2 N–H and O–H groups in total. The number of amides is 1. The second-order valence-corrected chi connectivity index (χ2v) is 3.59. The van der Waals surface area contributed by atoms with E-state index in [1.807, 2.05) is 32.9 Å². The van der Waals surface area contributed by atoms with Gasteiger partial charge in [0.05, 0.1) is 6.42 Å². The number of hydroxylamine groups is 1. The molecule has 3 nitrogen and oxygen atoms in total. The topological polar surface area (TPSA) is 49.3 Å². The molecule has 0 bridgehead atoms. The first kappa shape index (κ1) is 10.7. The Balaban J connectivity index is 3.02. The second-order valence-electron chi connectivity index (χ2n) is 3.59. The smallest absolute Gasteiger partial charge is 0.247 e. The lowest BCUT2D eigenvalue weighted by Crippen LogP contribution is -2.21. The van der Waals surface area contributed by atoms with E-state index in [0.717, 1.165) is 16.7 Å². The van der Waals surface area contributed by atoms with E-state index in [1.54, 1.807) is 5.48 Å². The van der Waals surface area contributed by atoms with Gasteiger partial charge in [0.1, 0.15) is 0 Å². The van der Waals surface area contributed by atoms with Crippen molar-refractivity contribution in [2.24, 2.45) is 0 Å². The lowest BCUT2D eigenvalue weighted by Gasteiger charge is -2.09. The standard InChI is InChI=1S/C11H15NO2/c1-7-4-8(2)10(9(3)5-7)6-11(13)12-14/h4-5,14H,6H2,1-3H3,(H,12,13). The molecule has 0 aliphatic carbocycles. The Morgan fingerprint density at radius 3 is 2.21 bits per heavy atom. The predicted molar refractivity (Wildman–Crippen MR) is 54.3 cm³/mol. The highest BCUT2D eigenvalue weighted by Crippen LogP contribution is 2.16. The van der Waals surface area contributed by atoms with Gasteiger partial charge >= 0.3 is 0 Å². The molecule has 0 atom stereocenters. The summed E-state index contributed by atoms with van der Waals surface area (Å²) >= 11 is 0. The van der Waals surface area contributed by atoms with Crippen molar-refractivity contribution in [3.8, 4) is 0 Å². The lowest BCUT2D eigenvalue weighted by molar-refractivity contribution is -0.128. The van der Waals surface area contributed by atoms with Crippen LogP contribution in [-0.2, 0) is 11.2 Å². The van der Waals surface area contributed by atoms with Crippen LogP contribution in [0.25, 0.3) is 0 Å². The Morgan fingerprint density at radius 2 is 1.79 bits per heavy atom. The van der Waals surface area contributed by atoms with Gasteiger partial charge in [0.2, 0.25) is 5.91 Å². The van der Waals surface area contributed by atoms with Crippen molar-refractivity contribution in [2.75, 3.05) is 0 Å². The summed E-state index contributed by atoms with van der Waals surface area (Å²) < 4.78 is 0. The van der Waals surface area contributed by atoms with Crippen LogP contribution in [0.5, 0.6) is 0 Å². The van der Waals surface area contributed by atoms with Crippen molar-refractivity contribution < 1.29 is 10.0 Å². The average Bonchev–Trinajstić information content (AvgIpc) is 2.10. The van der Waals surface area contributed by atoms with Gasteiger partial charge in [-0.3, -0.25) is 10.0 Å². The van der Waals surface area contributed by atoms with Crippen LogP contribution in [0.2, 0.25) is 0 Å². The summed E-state index contributed by atoms with van der Waals surface area (Å²) in [6.07, 6.45) is 0.231. The number of benzene rings is 1. The first-order chi connectivity index (χ1) is 6.54. The highest BCUT2D eigenvalue weighted by Gasteiger charge is 2.08. The minimum Gasteiger partial charge on any atom is -0.289 e. The highest BCUT2D eigenvalue weighted by molar-refractivity contribution is 5.78. The van der Waals surface area contributed by atoms with Gasteiger partial charge in [-0.25, -0.2) is 5.48 Å². The fourth-order valence-corrected chi connectivity index (χ4v) is 1.69. The number of aryl methyl sites for hydroxylation is 3. The molecule has 0 saturated carbocycles. The molecule has 0 saturated heterocycles. The monoisotopic (exact) mass is 193 g/mol. The number of hydrogen-bond donors (Lipinski definition) is 2. The Morgan fingerprint density at radius 1 is 1.29 bits per heavy atom. The number of rotatable bonds is 2. The maximum atomic E-state index is 11.0. The molecule has 0 fully saturated rings. The van der Waals surface area contributed by atoms with Crippen LogP contribution >= 0.6 is 0 Å². The molecule has 14 heavy (non-hydrogen) atoms. The summed E-state index contributed by atoms with van der Waals surface area (Å²) in [5.74, 6) is -0.375. The molecule has 0 unspecified atom stereocenters. The molecule has 0 aliphatic rings. The van der Waals surface area contributed by atoms with E-state index in [-0.39, 0.29) is 12.3 Å². The van der Waals surface area contributed by atoms with Crippen LogP contribution in [0.1, 0.15) is 22.3 Å². The van der Waals surface area contributed by atoms with Crippen molar-refractivity contribution in [3.63, 3.8) is 0 Å². The first-order valence-electron chi connectivity index (χ1n) is 4.54. The average molecular weight is 193 g/mol. The number of carbonyl (C=O) groups is 1. The SMILES string of the molecule is Cc1cc(C)c(CC(=O)NO)c(C)c1. The normalized spacial score (nSPS) is 10.0. The van der Waals surface area contributed by atoms with Crippen LogP contribution in [-0.4, -0.2) is 11.1 Å². The molecular formula is C11H15NO2. The third-order valence-electron chi connectivity index (χ3n) is 2.30. The molecular weight excluding hydrogens is 178 g/mol. The molecule has 0 heterocycles. The zero-order chi connectivity index (χ0) is 10.7. The zero-order valence-electron chi connectivity index (χ0n) is 8.72. The van der Waals surface area contributed by atoms with E-state index in [9.17, 15) is 4.79 Å². The van der Waals surface area contributed by atoms with E-state index in [4.69, 9.17) is 5.21 Å². The molecule has 1 aromatic carbocycles. The summed E-state index contributed by atoms with van der Waals surface area (Å²) in [6.45, 7) is 5.97. The van der Waals surface area contributed by atoms with Gasteiger partial charge in [-0.2, -0.15) is 0 Å². The molecule has 1 amide bonds. The molecule has 0 radical (unpaired) electrons. The van der Waals surface area contributed by atoms with Crippen molar-refractivity contribution in [3.05, 3.63) is 34.4 Å². The highest BCUT2D eigenvalue weighted by atomic mass is 16.5. The molecule has 0 aliphatic heterocycles. The van der Waals surface area contributed by atoms with E-state index in [1.165, 1.54) is 5.56 Å².